The third-order valence-electron chi connectivity index (χ3n) is 1.54. The van der Waals surface area contributed by atoms with Crippen molar-refractivity contribution in [2.24, 2.45) is 0 Å². The van der Waals surface area contributed by atoms with Crippen LogP contribution in [-0.4, -0.2) is 19.6 Å². The highest BCUT2D eigenvalue weighted by Crippen LogP contribution is 1.62. The Hall–Kier alpha value is 0.250. The Morgan fingerprint density at radius 1 is 1.38 bits per heavy atom. The number of nitrogens with one attached hydrogen (secondary N) is 1. The van der Waals surface area contributed by atoms with E-state index in [0.29, 0.717) is 0 Å². The van der Waals surface area contributed by atoms with Crippen LogP contribution in [0.4, 0.5) is 0 Å². The molecule has 0 saturated carbocycles. The molecule has 0 aromatic carbocycles. The first-order valence-corrected chi connectivity index (χ1v) is 3.00. The minimum Gasteiger partial charge on any atom is -1.00 e. The molecule has 1 N–H and O–H groups in total. The Balaban J connectivity index is 0. The maximum atomic E-state index is 2.23. The fourth-order valence-electron chi connectivity index (χ4n) is 0.408. The minimum absolute atomic E-state index is 0. The molecule has 0 heterocycles. The quantitative estimate of drug-likeness (QED) is 0.412. The van der Waals surface area contributed by atoms with Crippen LogP contribution in [0.25, 0.3) is 0 Å². The number of hydrogen-bond acceptors (Lipinski definition) is 0. The van der Waals surface area contributed by atoms with Crippen molar-refractivity contribution in [1.29, 1.82) is 0 Å². The van der Waals surface area contributed by atoms with Gasteiger partial charge in [-0.05, 0) is 20.8 Å². The molecule has 1 atom stereocenters. The maximum Gasteiger partial charge on any atom is 0.0815 e. The van der Waals surface area contributed by atoms with Crippen molar-refractivity contribution < 1.29 is 17.3 Å². The summed E-state index contributed by atoms with van der Waals surface area (Å²) in [5.41, 5.74) is 0. The second-order valence-corrected chi connectivity index (χ2v) is 2.35. The summed E-state index contributed by atoms with van der Waals surface area (Å²) in [4.78, 5) is 1.60. The molecular formula is C6H16ClN. The van der Waals surface area contributed by atoms with Crippen LogP contribution >= 0.6 is 0 Å². The van der Waals surface area contributed by atoms with E-state index < -0.39 is 0 Å². The van der Waals surface area contributed by atoms with Crippen molar-refractivity contribution in [3.8, 4) is 0 Å². The smallest absolute Gasteiger partial charge is 0.0815 e. The first-order chi connectivity index (χ1) is 3.18. The van der Waals surface area contributed by atoms with Gasteiger partial charge in [-0.15, -0.1) is 0 Å². The molecule has 52 valence electrons. The Labute approximate surface area is 58.5 Å². The average molecular weight is 138 g/mol. The molecule has 0 aromatic heterocycles. The maximum absolute atomic E-state index is 2.23. The molecule has 0 aliphatic rings. The van der Waals surface area contributed by atoms with Crippen LogP contribution in [0.15, 0.2) is 0 Å². The lowest BCUT2D eigenvalue weighted by molar-refractivity contribution is -0.899. The van der Waals surface area contributed by atoms with Gasteiger partial charge >= 0.3 is 0 Å². The molecule has 2 heteroatoms. The summed E-state index contributed by atoms with van der Waals surface area (Å²) < 4.78 is 0. The summed E-state index contributed by atoms with van der Waals surface area (Å²) in [7, 11) is 2.21. The van der Waals surface area contributed by atoms with Gasteiger partial charge in [-0.25, -0.2) is 0 Å². The van der Waals surface area contributed by atoms with E-state index in [1.807, 2.05) is 0 Å². The van der Waals surface area contributed by atoms with Crippen molar-refractivity contribution in [2.75, 3.05) is 13.6 Å². The van der Waals surface area contributed by atoms with Gasteiger partial charge in [0.05, 0.1) is 19.6 Å². The van der Waals surface area contributed by atoms with E-state index in [9.17, 15) is 0 Å². The second-order valence-electron chi connectivity index (χ2n) is 2.35. The topological polar surface area (TPSA) is 4.44 Å². The first kappa shape index (κ1) is 11.1. The van der Waals surface area contributed by atoms with Crippen molar-refractivity contribution in [3.63, 3.8) is 0 Å². The van der Waals surface area contributed by atoms with E-state index in [1.54, 1.807) is 4.90 Å². The van der Waals surface area contributed by atoms with E-state index in [-0.39, 0.29) is 12.4 Å². The number of hydrogen-bond donors (Lipinski definition) is 1. The zero-order chi connectivity index (χ0) is 5.86. The SMILES string of the molecule is CC[NH+](C)C(C)C.[Cl-]. The monoisotopic (exact) mass is 137 g/mol. The standard InChI is InChI=1S/C6H15N.ClH/c1-5-7(4)6(2)3;/h6H,5H2,1-4H3;1H. The molecule has 1 nitrogen and oxygen atoms in total. The third-order valence-corrected chi connectivity index (χ3v) is 1.54. The van der Waals surface area contributed by atoms with E-state index in [2.05, 4.69) is 27.8 Å². The third kappa shape index (κ3) is 4.41. The number of rotatable bonds is 2. The molecule has 0 spiro atoms. The molecule has 0 saturated heterocycles. The Morgan fingerprint density at radius 3 is 1.75 bits per heavy atom. The summed E-state index contributed by atoms with van der Waals surface area (Å²) in [5, 5.41) is 0. The highest BCUT2D eigenvalue weighted by atomic mass is 35.5. The largest absolute Gasteiger partial charge is 1.00 e. The molecule has 0 aromatic rings. The zero-order valence-electron chi connectivity index (χ0n) is 6.16. The van der Waals surface area contributed by atoms with Gasteiger partial charge in [-0.2, -0.15) is 0 Å². The molecule has 8 heavy (non-hydrogen) atoms. The summed E-state index contributed by atoms with van der Waals surface area (Å²) in [6.07, 6.45) is 0. The number of quaternary nitrogens is 1. The Kier molecular flexibility index (Phi) is 7.48. The normalized spacial score (nSPS) is 13.1. The van der Waals surface area contributed by atoms with Gasteiger partial charge in [0.2, 0.25) is 0 Å². The van der Waals surface area contributed by atoms with Gasteiger partial charge in [-0.3, -0.25) is 0 Å². The van der Waals surface area contributed by atoms with E-state index in [4.69, 9.17) is 0 Å². The van der Waals surface area contributed by atoms with Crippen LogP contribution in [0, 0.1) is 0 Å². The Morgan fingerprint density at radius 2 is 1.75 bits per heavy atom. The summed E-state index contributed by atoms with van der Waals surface area (Å²) in [5.74, 6) is 0. The van der Waals surface area contributed by atoms with Gasteiger partial charge in [0.1, 0.15) is 0 Å². The molecule has 0 aliphatic carbocycles. The highest BCUT2D eigenvalue weighted by molar-refractivity contribution is 4.27. The molecule has 0 aliphatic heterocycles. The van der Waals surface area contributed by atoms with Crippen molar-refractivity contribution in [3.05, 3.63) is 0 Å². The van der Waals surface area contributed by atoms with Gasteiger partial charge in [0.25, 0.3) is 0 Å². The van der Waals surface area contributed by atoms with E-state index in [1.165, 1.54) is 6.54 Å². The molecular weight excluding hydrogens is 122 g/mol. The lowest BCUT2D eigenvalue weighted by atomic mass is 10.3. The molecule has 0 rings (SSSR count). The zero-order valence-corrected chi connectivity index (χ0v) is 6.92. The van der Waals surface area contributed by atoms with Crippen LogP contribution in [-0.2, 0) is 0 Å². The lowest BCUT2D eigenvalue weighted by Crippen LogP contribution is -3.11. The lowest BCUT2D eigenvalue weighted by Gasteiger charge is -2.14. The summed E-state index contributed by atoms with van der Waals surface area (Å²) in [6, 6.07) is 0.782. The van der Waals surface area contributed by atoms with Gasteiger partial charge < -0.3 is 17.3 Å². The fraction of sp³-hybridized carbons (Fsp3) is 1.00. The summed E-state index contributed by atoms with van der Waals surface area (Å²) in [6.45, 7) is 7.91. The average Bonchev–Trinajstić information content (AvgIpc) is 1.65. The van der Waals surface area contributed by atoms with Crippen LogP contribution in [0.5, 0.6) is 0 Å². The molecule has 0 fully saturated rings. The molecule has 0 amide bonds. The highest BCUT2D eigenvalue weighted by Gasteiger charge is 1.99. The van der Waals surface area contributed by atoms with Gasteiger partial charge in [-0.1, -0.05) is 0 Å². The minimum atomic E-state index is 0. The van der Waals surface area contributed by atoms with Crippen LogP contribution in [0.1, 0.15) is 20.8 Å². The van der Waals surface area contributed by atoms with Crippen LogP contribution < -0.4 is 17.3 Å². The van der Waals surface area contributed by atoms with E-state index >= 15 is 0 Å². The van der Waals surface area contributed by atoms with Crippen LogP contribution in [0.3, 0.4) is 0 Å². The van der Waals surface area contributed by atoms with Crippen molar-refractivity contribution >= 4 is 0 Å². The predicted molar refractivity (Wildman–Crippen MR) is 32.6 cm³/mol. The van der Waals surface area contributed by atoms with Crippen molar-refractivity contribution in [1.82, 2.24) is 0 Å². The van der Waals surface area contributed by atoms with Gasteiger partial charge in [0.15, 0.2) is 0 Å². The van der Waals surface area contributed by atoms with Crippen molar-refractivity contribution in [2.45, 2.75) is 26.8 Å². The first-order valence-electron chi connectivity index (χ1n) is 3.00. The van der Waals surface area contributed by atoms with Crippen LogP contribution in [0.2, 0.25) is 0 Å². The van der Waals surface area contributed by atoms with Gasteiger partial charge in [0, 0.05) is 0 Å². The number of halogens is 1. The second kappa shape index (κ2) is 5.39. The Bertz CT molecular complexity index is 45.8. The molecule has 0 radical (unpaired) electrons. The fourth-order valence-corrected chi connectivity index (χ4v) is 0.408. The molecule has 1 unspecified atom stereocenters. The predicted octanol–water partition coefficient (Wildman–Crippen LogP) is -3.07. The molecule has 0 bridgehead atoms. The van der Waals surface area contributed by atoms with E-state index in [0.717, 1.165) is 6.04 Å². The summed E-state index contributed by atoms with van der Waals surface area (Å²) >= 11 is 0.